The number of nitrogens with zero attached hydrogens (tertiary/aromatic N) is 4. The molecule has 1 atom stereocenters. The Kier molecular flexibility index (Phi) is 5.42. The van der Waals surface area contributed by atoms with Crippen molar-refractivity contribution in [2.24, 2.45) is 10.9 Å². The topological polar surface area (TPSA) is 68.3 Å². The second-order valence-electron chi connectivity index (χ2n) is 5.63. The van der Waals surface area contributed by atoms with Crippen LogP contribution in [0.15, 0.2) is 5.16 Å². The highest BCUT2D eigenvalue weighted by Gasteiger charge is 2.23. The normalized spacial score (nSPS) is 25.8. The number of oxime groups is 1. The lowest BCUT2D eigenvalue weighted by atomic mass is 10.2. The van der Waals surface area contributed by atoms with Gasteiger partial charge in [-0.1, -0.05) is 5.16 Å². The van der Waals surface area contributed by atoms with Crippen molar-refractivity contribution in [3.8, 4) is 0 Å². The Morgan fingerprint density at radius 1 is 1.05 bits per heavy atom. The van der Waals surface area contributed by atoms with Gasteiger partial charge in [0.05, 0.1) is 6.04 Å². The third kappa shape index (κ3) is 4.06. The molecule has 6 heteroatoms. The molecule has 2 aliphatic heterocycles. The lowest BCUT2D eigenvalue weighted by Gasteiger charge is -2.38. The number of hydrogen-bond donors (Lipinski definition) is 2. The molecule has 3 N–H and O–H groups in total. The Hall–Kier alpha value is -0.850. The van der Waals surface area contributed by atoms with Gasteiger partial charge in [-0.25, -0.2) is 0 Å². The van der Waals surface area contributed by atoms with Gasteiger partial charge in [0, 0.05) is 39.3 Å². The van der Waals surface area contributed by atoms with Crippen LogP contribution >= 0.6 is 0 Å². The van der Waals surface area contributed by atoms with E-state index in [1.165, 1.54) is 39.0 Å². The molecule has 2 rings (SSSR count). The zero-order valence-electron chi connectivity index (χ0n) is 12.0. The predicted octanol–water partition coefficient (Wildman–Crippen LogP) is -0.165. The van der Waals surface area contributed by atoms with Crippen LogP contribution < -0.4 is 5.73 Å². The number of rotatable bonds is 5. The lowest BCUT2D eigenvalue weighted by Crippen LogP contribution is -2.53. The van der Waals surface area contributed by atoms with Gasteiger partial charge >= 0.3 is 0 Å². The van der Waals surface area contributed by atoms with E-state index in [1.807, 2.05) is 6.92 Å². The molecule has 0 aromatic rings. The van der Waals surface area contributed by atoms with E-state index in [0.29, 0.717) is 5.84 Å². The molecule has 19 heavy (non-hydrogen) atoms. The van der Waals surface area contributed by atoms with Crippen LogP contribution in [0.25, 0.3) is 0 Å². The summed E-state index contributed by atoms with van der Waals surface area (Å²) in [7, 11) is 0. The number of piperazine rings is 1. The highest BCUT2D eigenvalue weighted by atomic mass is 16.4. The van der Waals surface area contributed by atoms with E-state index in [1.54, 1.807) is 0 Å². The van der Waals surface area contributed by atoms with Crippen LogP contribution in [0.5, 0.6) is 0 Å². The van der Waals surface area contributed by atoms with E-state index in [2.05, 4.69) is 19.9 Å². The van der Waals surface area contributed by atoms with E-state index in [4.69, 9.17) is 10.9 Å². The number of likely N-dealkylation sites (tertiary alicyclic amines) is 1. The van der Waals surface area contributed by atoms with Gasteiger partial charge in [-0.3, -0.25) is 9.80 Å². The van der Waals surface area contributed by atoms with Gasteiger partial charge < -0.3 is 15.8 Å². The second-order valence-corrected chi connectivity index (χ2v) is 5.63. The molecular weight excluding hydrogens is 242 g/mol. The van der Waals surface area contributed by atoms with Crippen molar-refractivity contribution in [2.75, 3.05) is 52.4 Å². The minimum atomic E-state index is 0.0331. The molecule has 0 radical (unpaired) electrons. The van der Waals surface area contributed by atoms with E-state index >= 15 is 0 Å². The fraction of sp³-hybridized carbons (Fsp3) is 0.923. The van der Waals surface area contributed by atoms with Crippen LogP contribution in [0.1, 0.15) is 19.8 Å². The molecule has 0 bridgehead atoms. The third-order valence-corrected chi connectivity index (χ3v) is 4.43. The maximum Gasteiger partial charge on any atom is 0.156 e. The maximum absolute atomic E-state index is 8.71. The summed E-state index contributed by atoms with van der Waals surface area (Å²) in [6.07, 6.45) is 2.73. The van der Waals surface area contributed by atoms with Gasteiger partial charge in [0.2, 0.25) is 0 Å². The summed E-state index contributed by atoms with van der Waals surface area (Å²) >= 11 is 0. The second kappa shape index (κ2) is 7.07. The fourth-order valence-corrected chi connectivity index (χ4v) is 2.93. The van der Waals surface area contributed by atoms with Crippen molar-refractivity contribution < 1.29 is 5.21 Å². The predicted molar refractivity (Wildman–Crippen MR) is 76.6 cm³/mol. The lowest BCUT2D eigenvalue weighted by molar-refractivity contribution is 0.112. The summed E-state index contributed by atoms with van der Waals surface area (Å²) in [5, 5.41) is 11.8. The van der Waals surface area contributed by atoms with Gasteiger partial charge in [0.25, 0.3) is 0 Å². The van der Waals surface area contributed by atoms with Gasteiger partial charge in [-0.05, 0) is 32.9 Å². The largest absolute Gasteiger partial charge is 0.409 e. The molecule has 2 fully saturated rings. The summed E-state index contributed by atoms with van der Waals surface area (Å²) in [6, 6.07) is 0.0331. The first kappa shape index (κ1) is 14.6. The summed E-state index contributed by atoms with van der Waals surface area (Å²) in [4.78, 5) is 7.36. The fourth-order valence-electron chi connectivity index (χ4n) is 2.93. The van der Waals surface area contributed by atoms with E-state index in [-0.39, 0.29) is 6.04 Å². The SMILES string of the molecule is CC(C(N)=NO)N1CCN(CCN2CCCC2)CC1. The van der Waals surface area contributed by atoms with Gasteiger partial charge in [0.1, 0.15) is 0 Å². The highest BCUT2D eigenvalue weighted by Crippen LogP contribution is 2.09. The Balaban J connectivity index is 1.67. The Morgan fingerprint density at radius 3 is 2.11 bits per heavy atom. The molecule has 6 nitrogen and oxygen atoms in total. The summed E-state index contributed by atoms with van der Waals surface area (Å²) in [5.74, 6) is 0.311. The zero-order valence-corrected chi connectivity index (χ0v) is 12.0. The van der Waals surface area contributed by atoms with Crippen LogP contribution in [0.2, 0.25) is 0 Å². The number of nitrogens with two attached hydrogens (primary N) is 1. The quantitative estimate of drug-likeness (QED) is 0.314. The summed E-state index contributed by atoms with van der Waals surface area (Å²) < 4.78 is 0. The van der Waals surface area contributed by atoms with Gasteiger partial charge in [-0.15, -0.1) is 0 Å². The minimum Gasteiger partial charge on any atom is -0.409 e. The molecule has 2 aliphatic rings. The zero-order chi connectivity index (χ0) is 13.7. The van der Waals surface area contributed by atoms with Crippen molar-refractivity contribution in [1.29, 1.82) is 0 Å². The van der Waals surface area contributed by atoms with Crippen molar-refractivity contribution in [1.82, 2.24) is 14.7 Å². The molecule has 0 spiro atoms. The van der Waals surface area contributed by atoms with Crippen molar-refractivity contribution in [3.05, 3.63) is 0 Å². The van der Waals surface area contributed by atoms with Crippen molar-refractivity contribution in [3.63, 3.8) is 0 Å². The molecule has 0 aromatic carbocycles. The monoisotopic (exact) mass is 269 g/mol. The first-order valence-corrected chi connectivity index (χ1v) is 7.37. The molecular formula is C13H27N5O. The van der Waals surface area contributed by atoms with Gasteiger partial charge in [-0.2, -0.15) is 0 Å². The number of hydrogen-bond acceptors (Lipinski definition) is 5. The Labute approximate surface area is 115 Å². The molecule has 0 aliphatic carbocycles. The molecule has 2 saturated heterocycles. The van der Waals surface area contributed by atoms with Gasteiger partial charge in [0.15, 0.2) is 5.84 Å². The third-order valence-electron chi connectivity index (χ3n) is 4.43. The summed E-state index contributed by atoms with van der Waals surface area (Å²) in [5.41, 5.74) is 5.66. The van der Waals surface area contributed by atoms with Crippen LogP contribution in [-0.4, -0.2) is 84.1 Å². The first-order valence-electron chi connectivity index (χ1n) is 7.37. The van der Waals surface area contributed by atoms with E-state index in [9.17, 15) is 0 Å². The standard InChI is InChI=1S/C13H27N5O/c1-12(13(14)15-19)18-10-8-17(9-11-18)7-6-16-4-2-3-5-16/h12,19H,2-11H2,1H3,(H2,14,15). The van der Waals surface area contributed by atoms with Crippen molar-refractivity contribution in [2.45, 2.75) is 25.8 Å². The molecule has 0 aromatic heterocycles. The molecule has 0 saturated carbocycles. The van der Waals surface area contributed by atoms with Crippen LogP contribution in [0.4, 0.5) is 0 Å². The maximum atomic E-state index is 8.71. The molecule has 0 amide bonds. The van der Waals surface area contributed by atoms with E-state index < -0.39 is 0 Å². The average Bonchev–Trinajstić information content (AvgIpc) is 2.97. The number of amidine groups is 1. The van der Waals surface area contributed by atoms with Crippen LogP contribution in [0, 0.1) is 0 Å². The Morgan fingerprint density at radius 2 is 1.58 bits per heavy atom. The Bertz CT molecular complexity index is 295. The smallest absolute Gasteiger partial charge is 0.156 e. The highest BCUT2D eigenvalue weighted by molar-refractivity contribution is 5.84. The summed E-state index contributed by atoms with van der Waals surface area (Å²) in [6.45, 7) is 11.1. The molecule has 1 unspecified atom stereocenters. The minimum absolute atomic E-state index is 0.0331. The first-order chi connectivity index (χ1) is 9.20. The van der Waals surface area contributed by atoms with E-state index in [0.717, 1.165) is 26.2 Å². The van der Waals surface area contributed by atoms with Crippen LogP contribution in [0.3, 0.4) is 0 Å². The van der Waals surface area contributed by atoms with Crippen molar-refractivity contribution >= 4 is 5.84 Å². The molecule has 2 heterocycles. The molecule has 110 valence electrons. The average molecular weight is 269 g/mol. The van der Waals surface area contributed by atoms with Crippen LogP contribution in [-0.2, 0) is 0 Å².